The minimum atomic E-state index is -0.620. The van der Waals surface area contributed by atoms with Gasteiger partial charge in [0.05, 0.1) is 6.61 Å². The molecule has 1 aromatic carbocycles. The molecule has 0 aromatic heterocycles. The maximum absolute atomic E-state index is 9.29. The Balaban J connectivity index is 0.00000169. The molecule has 0 amide bonds. The van der Waals surface area contributed by atoms with E-state index in [1.54, 1.807) is 0 Å². The average molecular weight is 271 g/mol. The van der Waals surface area contributed by atoms with E-state index < -0.39 is 6.29 Å². The van der Waals surface area contributed by atoms with Gasteiger partial charge in [0.2, 0.25) is 0 Å². The van der Waals surface area contributed by atoms with Crippen LogP contribution in [0.1, 0.15) is 25.3 Å². The smallest absolute Gasteiger partial charge is 0.154 e. The van der Waals surface area contributed by atoms with Crippen molar-refractivity contribution in [2.24, 2.45) is 0 Å². The zero-order valence-corrected chi connectivity index (χ0v) is 10.9. The molecule has 1 rings (SSSR count). The van der Waals surface area contributed by atoms with E-state index >= 15 is 0 Å². The van der Waals surface area contributed by atoms with Crippen molar-refractivity contribution in [2.45, 2.75) is 32.7 Å². The van der Waals surface area contributed by atoms with Crippen LogP contribution >= 0.6 is 0 Å². The molecule has 1 atom stereocenters. The molecule has 76 valence electrons. The third-order valence-corrected chi connectivity index (χ3v) is 1.82. The molecule has 0 aliphatic carbocycles. The van der Waals surface area contributed by atoms with Gasteiger partial charge < -0.3 is 9.84 Å². The maximum Gasteiger partial charge on any atom is 0.154 e. The molecule has 14 heavy (non-hydrogen) atoms. The van der Waals surface area contributed by atoms with Crippen molar-refractivity contribution in [1.82, 2.24) is 0 Å². The van der Waals surface area contributed by atoms with E-state index in [0.717, 1.165) is 12.0 Å². The summed E-state index contributed by atoms with van der Waals surface area (Å²) in [6, 6.07) is 9.86. The van der Waals surface area contributed by atoms with Crippen molar-refractivity contribution < 1.29 is 36.0 Å². The summed E-state index contributed by atoms with van der Waals surface area (Å²) in [5.41, 5.74) is 1.10. The van der Waals surface area contributed by atoms with Crippen LogP contribution in [0.25, 0.3) is 0 Å². The largest absolute Gasteiger partial charge is 0.368 e. The van der Waals surface area contributed by atoms with E-state index in [9.17, 15) is 5.11 Å². The van der Waals surface area contributed by atoms with Gasteiger partial charge in [-0.25, -0.2) is 0 Å². The van der Waals surface area contributed by atoms with Crippen LogP contribution in [-0.4, -0.2) is 11.4 Å². The van der Waals surface area contributed by atoms with Gasteiger partial charge in [-0.1, -0.05) is 43.7 Å². The van der Waals surface area contributed by atoms with Crippen molar-refractivity contribution in [2.75, 3.05) is 0 Å². The van der Waals surface area contributed by atoms with Gasteiger partial charge in [-0.05, 0) is 12.0 Å². The molecule has 1 unspecified atom stereocenters. The molecule has 1 aromatic rings. The van der Waals surface area contributed by atoms with Crippen LogP contribution in [0, 0.1) is 0 Å². The van der Waals surface area contributed by atoms with Gasteiger partial charge in [0.15, 0.2) is 6.29 Å². The summed E-state index contributed by atoms with van der Waals surface area (Å²) in [5, 5.41) is 9.29. The zero-order chi connectivity index (χ0) is 9.52. The standard InChI is InChI=1S/C11H16O2.Zr/c1-2-6-11(12)13-9-10-7-4-3-5-8-10;/h3-5,7-8,11-12H,2,6,9H2,1H3;. The minimum Gasteiger partial charge on any atom is -0.368 e. The van der Waals surface area contributed by atoms with E-state index in [1.165, 1.54) is 0 Å². The zero-order valence-electron chi connectivity index (χ0n) is 8.44. The second-order valence-corrected chi connectivity index (χ2v) is 3.04. The molecule has 0 aliphatic rings. The molecule has 0 bridgehead atoms. The molecule has 2 nitrogen and oxygen atoms in total. The van der Waals surface area contributed by atoms with Gasteiger partial charge in [-0.3, -0.25) is 0 Å². The van der Waals surface area contributed by atoms with Crippen molar-refractivity contribution in [3.8, 4) is 0 Å². The monoisotopic (exact) mass is 270 g/mol. The molecule has 0 aliphatic heterocycles. The van der Waals surface area contributed by atoms with Gasteiger partial charge in [-0.2, -0.15) is 0 Å². The van der Waals surface area contributed by atoms with Crippen molar-refractivity contribution in [1.29, 1.82) is 0 Å². The van der Waals surface area contributed by atoms with Crippen LogP contribution < -0.4 is 0 Å². The molecule has 0 saturated heterocycles. The Bertz CT molecular complexity index is 226. The average Bonchev–Trinajstić information content (AvgIpc) is 2.17. The molecular formula is C11H16O2Zr. The van der Waals surface area contributed by atoms with E-state index in [0.29, 0.717) is 13.0 Å². The van der Waals surface area contributed by atoms with Crippen LogP contribution in [-0.2, 0) is 37.5 Å². The number of hydrogen-bond donors (Lipinski definition) is 1. The number of hydrogen-bond acceptors (Lipinski definition) is 2. The van der Waals surface area contributed by atoms with E-state index in [1.807, 2.05) is 37.3 Å². The maximum atomic E-state index is 9.29. The first-order valence-electron chi connectivity index (χ1n) is 4.66. The molecule has 0 fully saturated rings. The Morgan fingerprint density at radius 1 is 1.29 bits per heavy atom. The summed E-state index contributed by atoms with van der Waals surface area (Å²) >= 11 is 0. The fraction of sp³-hybridized carbons (Fsp3) is 0.455. The number of rotatable bonds is 5. The Morgan fingerprint density at radius 3 is 2.50 bits per heavy atom. The fourth-order valence-electron chi connectivity index (χ4n) is 1.10. The van der Waals surface area contributed by atoms with Crippen LogP contribution in [0.15, 0.2) is 30.3 Å². The van der Waals surface area contributed by atoms with Crippen LogP contribution in [0.4, 0.5) is 0 Å². The predicted molar refractivity (Wildman–Crippen MR) is 52.1 cm³/mol. The molecule has 3 heteroatoms. The Kier molecular flexibility index (Phi) is 8.35. The Labute approximate surface area is 104 Å². The molecule has 1 N–H and O–H groups in total. The summed E-state index contributed by atoms with van der Waals surface area (Å²) in [6.45, 7) is 2.51. The summed E-state index contributed by atoms with van der Waals surface area (Å²) in [5.74, 6) is 0. The third-order valence-electron chi connectivity index (χ3n) is 1.82. The van der Waals surface area contributed by atoms with Crippen molar-refractivity contribution >= 4 is 0 Å². The quantitative estimate of drug-likeness (QED) is 0.833. The molecule has 0 radical (unpaired) electrons. The SMILES string of the molecule is CCCC(O)OCc1ccccc1.[Zr]. The van der Waals surface area contributed by atoms with Crippen LogP contribution in [0.3, 0.4) is 0 Å². The normalized spacial score (nSPS) is 11.9. The van der Waals surface area contributed by atoms with Gasteiger partial charge in [0.1, 0.15) is 0 Å². The summed E-state index contributed by atoms with van der Waals surface area (Å²) in [6.07, 6.45) is 1.02. The first-order valence-corrected chi connectivity index (χ1v) is 4.66. The van der Waals surface area contributed by atoms with E-state index in [4.69, 9.17) is 4.74 Å². The van der Waals surface area contributed by atoms with Gasteiger partial charge in [-0.15, -0.1) is 0 Å². The number of aliphatic hydroxyl groups is 1. The Hall–Kier alpha value is 0.0231. The molecule has 0 spiro atoms. The van der Waals surface area contributed by atoms with E-state index in [-0.39, 0.29) is 26.2 Å². The van der Waals surface area contributed by atoms with Crippen LogP contribution in [0.2, 0.25) is 0 Å². The Morgan fingerprint density at radius 2 is 1.93 bits per heavy atom. The van der Waals surface area contributed by atoms with Crippen LogP contribution in [0.5, 0.6) is 0 Å². The second-order valence-electron chi connectivity index (χ2n) is 3.04. The van der Waals surface area contributed by atoms with E-state index in [2.05, 4.69) is 0 Å². The summed E-state index contributed by atoms with van der Waals surface area (Å²) < 4.78 is 5.22. The predicted octanol–water partition coefficient (Wildman–Crippen LogP) is 2.32. The third kappa shape index (κ3) is 5.69. The first kappa shape index (κ1) is 14.0. The number of ether oxygens (including phenoxy) is 1. The summed E-state index contributed by atoms with van der Waals surface area (Å²) in [4.78, 5) is 0. The molecular weight excluding hydrogens is 255 g/mol. The second kappa shape index (κ2) is 8.34. The topological polar surface area (TPSA) is 29.5 Å². The number of aliphatic hydroxyl groups excluding tert-OH is 1. The minimum absolute atomic E-state index is 0. The van der Waals surface area contributed by atoms with Crippen molar-refractivity contribution in [3.63, 3.8) is 0 Å². The van der Waals surface area contributed by atoms with Gasteiger partial charge in [0, 0.05) is 26.2 Å². The molecule has 0 saturated carbocycles. The molecule has 0 heterocycles. The van der Waals surface area contributed by atoms with Gasteiger partial charge >= 0.3 is 0 Å². The van der Waals surface area contributed by atoms with Crippen molar-refractivity contribution in [3.05, 3.63) is 35.9 Å². The summed E-state index contributed by atoms with van der Waals surface area (Å²) in [7, 11) is 0. The van der Waals surface area contributed by atoms with Gasteiger partial charge in [0.25, 0.3) is 0 Å². The number of benzene rings is 1. The first-order chi connectivity index (χ1) is 6.33. The fourth-order valence-corrected chi connectivity index (χ4v) is 1.10.